The quantitative estimate of drug-likeness (QED) is 0.398. The van der Waals surface area contributed by atoms with Gasteiger partial charge in [-0.3, -0.25) is 0 Å². The largest absolute Gasteiger partial charge is 0.502 e. The average molecular weight is 197 g/mol. The smallest absolute Gasteiger partial charge is 0.0890 e. The lowest BCUT2D eigenvalue weighted by Crippen LogP contribution is -1.95. The molecular weight excluding hydrogens is 184 g/mol. The lowest BCUT2D eigenvalue weighted by atomic mass is 10.1. The van der Waals surface area contributed by atoms with Crippen molar-refractivity contribution in [3.63, 3.8) is 0 Å². The minimum atomic E-state index is 0.0288. The molecule has 0 heterocycles. The van der Waals surface area contributed by atoms with Gasteiger partial charge in [-0.2, -0.15) is 0 Å². The standard InChI is InChI=1S/C11H13ClO/c1-2-13-9-8-11(12)10-6-4-3-5-7-10/h2-7,11H,1,8-9H2. The van der Waals surface area contributed by atoms with Crippen LogP contribution < -0.4 is 0 Å². The highest BCUT2D eigenvalue weighted by molar-refractivity contribution is 6.20. The van der Waals surface area contributed by atoms with Crippen LogP contribution in [0.15, 0.2) is 43.2 Å². The zero-order valence-electron chi connectivity index (χ0n) is 7.45. The van der Waals surface area contributed by atoms with E-state index in [0.717, 1.165) is 12.0 Å². The minimum absolute atomic E-state index is 0.0288. The summed E-state index contributed by atoms with van der Waals surface area (Å²) in [6.45, 7) is 4.08. The molecule has 1 rings (SSSR count). The molecule has 13 heavy (non-hydrogen) atoms. The van der Waals surface area contributed by atoms with E-state index in [1.165, 1.54) is 6.26 Å². The van der Waals surface area contributed by atoms with Gasteiger partial charge in [0.05, 0.1) is 18.2 Å². The fraction of sp³-hybridized carbons (Fsp3) is 0.273. The Bertz CT molecular complexity index is 246. The van der Waals surface area contributed by atoms with Crippen molar-refractivity contribution >= 4 is 11.6 Å². The van der Waals surface area contributed by atoms with Crippen molar-refractivity contribution in [2.75, 3.05) is 6.61 Å². The Morgan fingerprint density at radius 3 is 2.69 bits per heavy atom. The van der Waals surface area contributed by atoms with Crippen molar-refractivity contribution in [2.24, 2.45) is 0 Å². The summed E-state index contributed by atoms with van der Waals surface area (Å²) in [5, 5.41) is 0.0288. The van der Waals surface area contributed by atoms with E-state index >= 15 is 0 Å². The highest BCUT2D eigenvalue weighted by Gasteiger charge is 2.05. The van der Waals surface area contributed by atoms with Crippen molar-refractivity contribution in [3.8, 4) is 0 Å². The van der Waals surface area contributed by atoms with Gasteiger partial charge in [-0.25, -0.2) is 0 Å². The number of hydrogen-bond donors (Lipinski definition) is 0. The van der Waals surface area contributed by atoms with Crippen LogP contribution >= 0.6 is 11.6 Å². The predicted molar refractivity (Wildman–Crippen MR) is 55.8 cm³/mol. The Labute approximate surface area is 84.0 Å². The molecule has 0 saturated carbocycles. The summed E-state index contributed by atoms with van der Waals surface area (Å²) in [5.41, 5.74) is 1.14. The maximum absolute atomic E-state index is 6.13. The molecule has 0 saturated heterocycles. The molecule has 70 valence electrons. The molecule has 1 aromatic carbocycles. The summed E-state index contributed by atoms with van der Waals surface area (Å²) in [5.74, 6) is 0. The van der Waals surface area contributed by atoms with Gasteiger partial charge in [-0.1, -0.05) is 36.9 Å². The molecule has 1 unspecified atom stereocenters. The van der Waals surface area contributed by atoms with Crippen molar-refractivity contribution in [3.05, 3.63) is 48.7 Å². The molecule has 1 aromatic rings. The van der Waals surface area contributed by atoms with Gasteiger partial charge in [-0.15, -0.1) is 11.6 Å². The number of rotatable bonds is 5. The second kappa shape index (κ2) is 5.65. The predicted octanol–water partition coefficient (Wildman–Crippen LogP) is 3.52. The molecule has 0 aromatic heterocycles. The number of alkyl halides is 1. The maximum Gasteiger partial charge on any atom is 0.0890 e. The normalized spacial score (nSPS) is 12.1. The highest BCUT2D eigenvalue weighted by Crippen LogP contribution is 2.23. The number of halogens is 1. The minimum Gasteiger partial charge on any atom is -0.502 e. The Morgan fingerprint density at radius 2 is 2.08 bits per heavy atom. The first-order chi connectivity index (χ1) is 6.34. The van der Waals surface area contributed by atoms with Gasteiger partial charge < -0.3 is 4.74 Å². The van der Waals surface area contributed by atoms with Crippen molar-refractivity contribution in [2.45, 2.75) is 11.8 Å². The van der Waals surface area contributed by atoms with Crippen LogP contribution in [0, 0.1) is 0 Å². The Morgan fingerprint density at radius 1 is 1.38 bits per heavy atom. The lowest BCUT2D eigenvalue weighted by Gasteiger charge is -2.08. The van der Waals surface area contributed by atoms with E-state index in [9.17, 15) is 0 Å². The third kappa shape index (κ3) is 3.51. The van der Waals surface area contributed by atoms with Gasteiger partial charge in [-0.05, 0) is 5.56 Å². The monoisotopic (exact) mass is 196 g/mol. The van der Waals surface area contributed by atoms with Crippen LogP contribution in [0.1, 0.15) is 17.4 Å². The number of ether oxygens (including phenoxy) is 1. The summed E-state index contributed by atoms with van der Waals surface area (Å²) in [4.78, 5) is 0. The van der Waals surface area contributed by atoms with E-state index in [0.29, 0.717) is 6.61 Å². The third-order valence-corrected chi connectivity index (χ3v) is 2.24. The van der Waals surface area contributed by atoms with Crippen LogP contribution in [0.3, 0.4) is 0 Å². The van der Waals surface area contributed by atoms with Crippen LogP contribution in [0.2, 0.25) is 0 Å². The molecule has 0 aliphatic rings. The second-order valence-corrected chi connectivity index (χ2v) is 3.23. The van der Waals surface area contributed by atoms with E-state index in [2.05, 4.69) is 6.58 Å². The topological polar surface area (TPSA) is 9.23 Å². The molecule has 0 amide bonds. The second-order valence-electron chi connectivity index (χ2n) is 2.70. The summed E-state index contributed by atoms with van der Waals surface area (Å²) < 4.78 is 5.01. The van der Waals surface area contributed by atoms with Gasteiger partial charge in [0.25, 0.3) is 0 Å². The van der Waals surface area contributed by atoms with Crippen LogP contribution in [0.4, 0.5) is 0 Å². The van der Waals surface area contributed by atoms with Gasteiger partial charge in [0.2, 0.25) is 0 Å². The summed E-state index contributed by atoms with van der Waals surface area (Å²) >= 11 is 6.13. The highest BCUT2D eigenvalue weighted by atomic mass is 35.5. The SMILES string of the molecule is C=COCCC(Cl)c1ccccc1. The summed E-state index contributed by atoms with van der Waals surface area (Å²) in [6.07, 6.45) is 2.24. The van der Waals surface area contributed by atoms with Gasteiger partial charge >= 0.3 is 0 Å². The zero-order chi connectivity index (χ0) is 9.52. The van der Waals surface area contributed by atoms with E-state index in [4.69, 9.17) is 16.3 Å². The van der Waals surface area contributed by atoms with E-state index in [-0.39, 0.29) is 5.38 Å². The van der Waals surface area contributed by atoms with Crippen LogP contribution in [0.25, 0.3) is 0 Å². The van der Waals surface area contributed by atoms with Crippen LogP contribution in [0.5, 0.6) is 0 Å². The molecule has 0 fully saturated rings. The molecule has 0 bridgehead atoms. The molecule has 0 N–H and O–H groups in total. The Kier molecular flexibility index (Phi) is 4.41. The van der Waals surface area contributed by atoms with E-state index in [1.54, 1.807) is 0 Å². The van der Waals surface area contributed by atoms with Gasteiger partial charge in [0, 0.05) is 6.42 Å². The lowest BCUT2D eigenvalue weighted by molar-refractivity contribution is 0.244. The first kappa shape index (κ1) is 10.1. The Balaban J connectivity index is 2.39. The van der Waals surface area contributed by atoms with Gasteiger partial charge in [0.1, 0.15) is 0 Å². The zero-order valence-corrected chi connectivity index (χ0v) is 8.20. The van der Waals surface area contributed by atoms with E-state index < -0.39 is 0 Å². The molecule has 1 nitrogen and oxygen atoms in total. The maximum atomic E-state index is 6.13. The van der Waals surface area contributed by atoms with Gasteiger partial charge in [0.15, 0.2) is 0 Å². The number of benzene rings is 1. The molecule has 1 atom stereocenters. The van der Waals surface area contributed by atoms with Crippen molar-refractivity contribution in [1.82, 2.24) is 0 Å². The fourth-order valence-electron chi connectivity index (χ4n) is 1.08. The van der Waals surface area contributed by atoms with Crippen molar-refractivity contribution < 1.29 is 4.74 Å². The molecular formula is C11H13ClO. The van der Waals surface area contributed by atoms with Crippen molar-refractivity contribution in [1.29, 1.82) is 0 Å². The molecule has 0 spiro atoms. The summed E-state index contributed by atoms with van der Waals surface area (Å²) in [7, 11) is 0. The summed E-state index contributed by atoms with van der Waals surface area (Å²) in [6, 6.07) is 9.99. The molecule has 0 aliphatic carbocycles. The number of hydrogen-bond acceptors (Lipinski definition) is 1. The average Bonchev–Trinajstić information content (AvgIpc) is 2.19. The Hall–Kier alpha value is -0.950. The molecule has 0 aliphatic heterocycles. The molecule has 2 heteroatoms. The first-order valence-electron chi connectivity index (χ1n) is 4.26. The van der Waals surface area contributed by atoms with E-state index in [1.807, 2.05) is 30.3 Å². The van der Waals surface area contributed by atoms with Crippen LogP contribution in [-0.2, 0) is 4.74 Å². The fourth-order valence-corrected chi connectivity index (χ4v) is 1.32. The first-order valence-corrected chi connectivity index (χ1v) is 4.69. The third-order valence-electron chi connectivity index (χ3n) is 1.77. The molecule has 0 radical (unpaired) electrons. The van der Waals surface area contributed by atoms with Crippen LogP contribution in [-0.4, -0.2) is 6.61 Å².